The van der Waals surface area contributed by atoms with Crippen molar-refractivity contribution in [3.63, 3.8) is 0 Å². The molecule has 5 nitrogen and oxygen atoms in total. The van der Waals surface area contributed by atoms with Gasteiger partial charge >= 0.3 is 12.1 Å². The second-order valence-corrected chi connectivity index (χ2v) is 3.86. The van der Waals surface area contributed by atoms with Gasteiger partial charge in [-0.05, 0) is 20.8 Å². The Labute approximate surface area is 93.4 Å². The summed E-state index contributed by atoms with van der Waals surface area (Å²) in [6, 6.07) is 0. The first kappa shape index (κ1) is 13.8. The lowest BCUT2D eigenvalue weighted by atomic mass is 10.2. The van der Waals surface area contributed by atoms with Gasteiger partial charge in [0.1, 0.15) is 11.3 Å². The Morgan fingerprint density at radius 2 is 1.87 bits per heavy atom. The van der Waals surface area contributed by atoms with Gasteiger partial charge < -0.3 is 9.47 Å². The van der Waals surface area contributed by atoms with Crippen molar-refractivity contribution >= 4 is 23.7 Å². The van der Waals surface area contributed by atoms with Crippen LogP contribution in [0.1, 0.15) is 20.8 Å². The second-order valence-electron chi connectivity index (χ2n) is 3.64. The zero-order chi connectivity index (χ0) is 12.1. The van der Waals surface area contributed by atoms with Crippen LogP contribution in [0, 0.1) is 0 Å². The number of hydrogen-bond donors (Lipinski definition) is 1. The van der Waals surface area contributed by atoms with Crippen molar-refractivity contribution in [3.05, 3.63) is 11.2 Å². The molecule has 0 unspecified atom stereocenters. The maximum absolute atomic E-state index is 11.2. The molecule has 0 aliphatic carbocycles. The first-order valence-corrected chi connectivity index (χ1v) is 4.62. The van der Waals surface area contributed by atoms with Gasteiger partial charge in [-0.25, -0.2) is 9.59 Å². The molecule has 0 heterocycles. The SMILES string of the molecule is COC(=O)/C(=C\Cl)NC(=O)OC(C)(C)C. The van der Waals surface area contributed by atoms with E-state index in [1.807, 2.05) is 0 Å². The Hall–Kier alpha value is -1.23. The van der Waals surface area contributed by atoms with Gasteiger partial charge in [0.15, 0.2) is 0 Å². The summed E-state index contributed by atoms with van der Waals surface area (Å²) < 4.78 is 9.28. The normalized spacial score (nSPS) is 11.9. The molecule has 0 bridgehead atoms. The van der Waals surface area contributed by atoms with E-state index >= 15 is 0 Å². The summed E-state index contributed by atoms with van der Waals surface area (Å²) in [4.78, 5) is 22.2. The van der Waals surface area contributed by atoms with Gasteiger partial charge in [0.25, 0.3) is 0 Å². The lowest BCUT2D eigenvalue weighted by Crippen LogP contribution is -2.34. The average molecular weight is 236 g/mol. The Balaban J connectivity index is 4.34. The molecule has 86 valence electrons. The van der Waals surface area contributed by atoms with Crippen LogP contribution in [0.4, 0.5) is 4.79 Å². The van der Waals surface area contributed by atoms with E-state index < -0.39 is 17.7 Å². The van der Waals surface area contributed by atoms with Crippen LogP contribution in [-0.4, -0.2) is 24.8 Å². The Morgan fingerprint density at radius 1 is 1.33 bits per heavy atom. The fourth-order valence-electron chi connectivity index (χ4n) is 0.646. The molecular formula is C9H14ClNO4. The highest BCUT2D eigenvalue weighted by atomic mass is 35.5. The molecule has 0 aromatic carbocycles. The van der Waals surface area contributed by atoms with Gasteiger partial charge in [0.2, 0.25) is 0 Å². The predicted octanol–water partition coefficient (Wildman–Crippen LogP) is 1.76. The van der Waals surface area contributed by atoms with Crippen molar-refractivity contribution in [1.82, 2.24) is 5.32 Å². The van der Waals surface area contributed by atoms with Crippen molar-refractivity contribution in [1.29, 1.82) is 0 Å². The smallest absolute Gasteiger partial charge is 0.412 e. The van der Waals surface area contributed by atoms with E-state index in [4.69, 9.17) is 16.3 Å². The highest BCUT2D eigenvalue weighted by molar-refractivity contribution is 6.27. The zero-order valence-electron chi connectivity index (χ0n) is 9.09. The monoisotopic (exact) mass is 235 g/mol. The maximum atomic E-state index is 11.2. The van der Waals surface area contributed by atoms with Crippen molar-refractivity contribution in [2.45, 2.75) is 26.4 Å². The molecule has 0 rings (SSSR count). The van der Waals surface area contributed by atoms with Crippen molar-refractivity contribution in [3.8, 4) is 0 Å². The molecule has 0 atom stereocenters. The predicted molar refractivity (Wildman–Crippen MR) is 55.3 cm³/mol. The quantitative estimate of drug-likeness (QED) is 0.585. The first-order chi connectivity index (χ1) is 6.80. The third-order valence-corrected chi connectivity index (χ3v) is 1.37. The number of alkyl carbamates (subject to hydrolysis) is 1. The minimum Gasteiger partial charge on any atom is -0.464 e. The number of nitrogens with one attached hydrogen (secondary N) is 1. The van der Waals surface area contributed by atoms with Crippen LogP contribution in [0.15, 0.2) is 11.2 Å². The Kier molecular flexibility index (Phi) is 5.14. The summed E-state index contributed by atoms with van der Waals surface area (Å²) >= 11 is 5.32. The minimum absolute atomic E-state index is 0.173. The van der Waals surface area contributed by atoms with Gasteiger partial charge in [0.05, 0.1) is 7.11 Å². The summed E-state index contributed by atoms with van der Waals surface area (Å²) in [7, 11) is 1.18. The largest absolute Gasteiger partial charge is 0.464 e. The number of carbonyl (C=O) groups is 2. The topological polar surface area (TPSA) is 64.6 Å². The van der Waals surface area contributed by atoms with Crippen LogP contribution in [0.2, 0.25) is 0 Å². The lowest BCUT2D eigenvalue weighted by Gasteiger charge is -2.19. The number of ether oxygens (including phenoxy) is 2. The summed E-state index contributed by atoms with van der Waals surface area (Å²) in [5.74, 6) is -0.740. The van der Waals surface area contributed by atoms with Gasteiger partial charge in [-0.15, -0.1) is 0 Å². The van der Waals surface area contributed by atoms with Gasteiger partial charge in [0, 0.05) is 5.54 Å². The number of carbonyl (C=O) groups excluding carboxylic acids is 2. The number of hydrogen-bond acceptors (Lipinski definition) is 4. The second kappa shape index (κ2) is 5.60. The molecule has 0 aromatic rings. The van der Waals surface area contributed by atoms with Crippen molar-refractivity contribution < 1.29 is 19.1 Å². The molecular weight excluding hydrogens is 222 g/mol. The van der Waals surface area contributed by atoms with E-state index in [1.165, 1.54) is 7.11 Å². The molecule has 0 spiro atoms. The van der Waals surface area contributed by atoms with Crippen LogP contribution in [0.5, 0.6) is 0 Å². The molecule has 0 aliphatic heterocycles. The third-order valence-electron chi connectivity index (χ3n) is 1.15. The Morgan fingerprint density at radius 3 is 2.20 bits per heavy atom. The van der Waals surface area contributed by atoms with Gasteiger partial charge in [-0.3, -0.25) is 5.32 Å². The molecule has 1 N–H and O–H groups in total. The summed E-state index contributed by atoms with van der Waals surface area (Å²) in [6.07, 6.45) is -0.764. The van der Waals surface area contributed by atoms with E-state index in [0.717, 1.165) is 5.54 Å². The molecule has 0 aromatic heterocycles. The minimum atomic E-state index is -0.764. The standard InChI is InChI=1S/C9H14ClNO4/c1-9(2,3)15-8(13)11-6(5-10)7(12)14-4/h5H,1-4H3,(H,11,13)/b6-5+. The van der Waals surface area contributed by atoms with Crippen LogP contribution in [-0.2, 0) is 14.3 Å². The highest BCUT2D eigenvalue weighted by Crippen LogP contribution is 2.07. The average Bonchev–Trinajstić information content (AvgIpc) is 2.10. The molecule has 0 fully saturated rings. The molecule has 1 amide bonds. The Bertz CT molecular complexity index is 280. The number of methoxy groups -OCH3 is 1. The van der Waals surface area contributed by atoms with Crippen LogP contribution in [0.3, 0.4) is 0 Å². The number of esters is 1. The van der Waals surface area contributed by atoms with Crippen LogP contribution >= 0.6 is 11.6 Å². The molecule has 0 saturated heterocycles. The van der Waals surface area contributed by atoms with Crippen molar-refractivity contribution in [2.24, 2.45) is 0 Å². The van der Waals surface area contributed by atoms with E-state index in [-0.39, 0.29) is 5.70 Å². The molecule has 0 saturated carbocycles. The molecule has 0 aliphatic rings. The van der Waals surface area contributed by atoms with Crippen molar-refractivity contribution in [2.75, 3.05) is 7.11 Å². The summed E-state index contributed by atoms with van der Waals surface area (Å²) in [5.41, 5.74) is 0.0984. The fraction of sp³-hybridized carbons (Fsp3) is 0.556. The van der Waals surface area contributed by atoms with Gasteiger partial charge in [-0.2, -0.15) is 0 Å². The summed E-state index contributed by atoms with van der Waals surface area (Å²) in [5, 5.41) is 2.17. The number of amides is 1. The van der Waals surface area contributed by atoms with Crippen LogP contribution in [0.25, 0.3) is 0 Å². The molecule has 15 heavy (non-hydrogen) atoms. The number of rotatable bonds is 2. The van der Waals surface area contributed by atoms with E-state index in [2.05, 4.69) is 10.1 Å². The summed E-state index contributed by atoms with van der Waals surface area (Å²) in [6.45, 7) is 5.11. The highest BCUT2D eigenvalue weighted by Gasteiger charge is 2.19. The molecule has 6 heteroatoms. The van der Waals surface area contributed by atoms with Crippen LogP contribution < -0.4 is 5.32 Å². The zero-order valence-corrected chi connectivity index (χ0v) is 9.84. The van der Waals surface area contributed by atoms with E-state index in [9.17, 15) is 9.59 Å². The maximum Gasteiger partial charge on any atom is 0.412 e. The van der Waals surface area contributed by atoms with Gasteiger partial charge in [-0.1, -0.05) is 11.6 Å². The van der Waals surface area contributed by atoms with E-state index in [0.29, 0.717) is 0 Å². The number of halogens is 1. The third kappa shape index (κ3) is 5.96. The molecule has 0 radical (unpaired) electrons. The lowest BCUT2D eigenvalue weighted by molar-refractivity contribution is -0.136. The first-order valence-electron chi connectivity index (χ1n) is 4.19. The fourth-order valence-corrected chi connectivity index (χ4v) is 0.790. The van der Waals surface area contributed by atoms with E-state index in [1.54, 1.807) is 20.8 Å².